The van der Waals surface area contributed by atoms with Crippen LogP contribution in [0.15, 0.2) is 60.8 Å². The van der Waals surface area contributed by atoms with Crippen molar-refractivity contribution in [3.05, 3.63) is 89.1 Å². The van der Waals surface area contributed by atoms with Crippen molar-refractivity contribution in [3.63, 3.8) is 0 Å². The molecule has 0 spiro atoms. The number of para-hydroxylation sites is 1. The van der Waals surface area contributed by atoms with Crippen LogP contribution in [0.3, 0.4) is 0 Å². The fourth-order valence-corrected chi connectivity index (χ4v) is 4.65. The molecule has 1 fully saturated rings. The quantitative estimate of drug-likeness (QED) is 0.337. The van der Waals surface area contributed by atoms with E-state index in [1.807, 2.05) is 42.0 Å². The molecule has 0 unspecified atom stereocenters. The number of aryl methyl sites for hydroxylation is 1. The number of carbonyl (C=O) groups is 3. The van der Waals surface area contributed by atoms with Gasteiger partial charge in [-0.05, 0) is 55.8 Å². The Kier molecular flexibility index (Phi) is 5.28. The van der Waals surface area contributed by atoms with Crippen LogP contribution in [0.1, 0.15) is 27.3 Å². The first-order valence-corrected chi connectivity index (χ1v) is 11.0. The summed E-state index contributed by atoms with van der Waals surface area (Å²) in [7, 11) is 0. The highest BCUT2D eigenvalue weighted by Crippen LogP contribution is 2.24. The number of amides is 3. The van der Waals surface area contributed by atoms with Crippen LogP contribution in [-0.4, -0.2) is 44.8 Å². The Bertz CT molecular complexity index is 1430. The van der Waals surface area contributed by atoms with Gasteiger partial charge in [0.25, 0.3) is 5.91 Å². The van der Waals surface area contributed by atoms with E-state index >= 15 is 0 Å². The van der Waals surface area contributed by atoms with E-state index in [4.69, 9.17) is 0 Å². The zero-order valence-corrected chi connectivity index (χ0v) is 18.8. The van der Waals surface area contributed by atoms with Crippen molar-refractivity contribution in [1.82, 2.24) is 19.8 Å². The van der Waals surface area contributed by atoms with E-state index in [-0.39, 0.29) is 18.1 Å². The third-order valence-corrected chi connectivity index (χ3v) is 6.32. The zero-order chi connectivity index (χ0) is 24.0. The van der Waals surface area contributed by atoms with Crippen LogP contribution >= 0.6 is 0 Å². The second-order valence-electron chi connectivity index (χ2n) is 8.51. The Morgan fingerprint density at radius 2 is 1.79 bits per heavy atom. The molecule has 1 atom stereocenters. The van der Waals surface area contributed by atoms with Crippen molar-refractivity contribution >= 4 is 28.6 Å². The van der Waals surface area contributed by atoms with Gasteiger partial charge in [0.15, 0.2) is 5.78 Å². The van der Waals surface area contributed by atoms with Crippen LogP contribution in [0.25, 0.3) is 16.6 Å². The van der Waals surface area contributed by atoms with E-state index in [1.165, 1.54) is 12.1 Å². The highest BCUT2D eigenvalue weighted by Gasteiger charge is 2.39. The maximum absolute atomic E-state index is 13.3. The van der Waals surface area contributed by atoms with Gasteiger partial charge in [0.1, 0.15) is 11.9 Å². The minimum absolute atomic E-state index is 0.332. The fraction of sp³-hybridized carbons (Fsp3) is 0.192. The Labute approximate surface area is 195 Å². The van der Waals surface area contributed by atoms with E-state index in [0.29, 0.717) is 17.7 Å². The molecular weight excluding hydrogens is 435 g/mol. The molecule has 7 nitrogen and oxygen atoms in total. The number of benzene rings is 2. The average molecular weight is 458 g/mol. The Balaban J connectivity index is 1.34. The van der Waals surface area contributed by atoms with Crippen LogP contribution in [-0.2, 0) is 11.2 Å². The SMILES string of the molecule is Cc1cc(C(=O)CN2C(=O)N[C@@H](Cc3c[nH]c4ccccc34)C2=O)c(C)n1-c1ccc(F)cc1. The maximum Gasteiger partial charge on any atom is 0.325 e. The van der Waals surface area contributed by atoms with Crippen molar-refractivity contribution in [3.8, 4) is 5.69 Å². The number of fused-ring (bicyclic) bond motifs is 1. The number of nitrogens with one attached hydrogen (secondary N) is 2. The van der Waals surface area contributed by atoms with E-state index in [0.717, 1.165) is 32.7 Å². The first-order chi connectivity index (χ1) is 16.3. The summed E-state index contributed by atoms with van der Waals surface area (Å²) in [5.41, 5.74) is 4.48. The monoisotopic (exact) mass is 458 g/mol. The number of H-pyrrole nitrogens is 1. The molecule has 34 heavy (non-hydrogen) atoms. The molecule has 0 bridgehead atoms. The topological polar surface area (TPSA) is 87.2 Å². The highest BCUT2D eigenvalue weighted by atomic mass is 19.1. The normalized spacial score (nSPS) is 15.9. The molecule has 8 heteroatoms. The summed E-state index contributed by atoms with van der Waals surface area (Å²) in [5, 5.41) is 3.70. The van der Waals surface area contributed by atoms with Crippen molar-refractivity contribution in [1.29, 1.82) is 0 Å². The number of Topliss-reactive ketones (excluding diaryl/α,β-unsaturated/α-hetero) is 1. The minimum Gasteiger partial charge on any atom is -0.361 e. The van der Waals surface area contributed by atoms with Gasteiger partial charge in [-0.1, -0.05) is 18.2 Å². The van der Waals surface area contributed by atoms with Gasteiger partial charge in [0.2, 0.25) is 0 Å². The molecular formula is C26H23FN4O3. The van der Waals surface area contributed by atoms with Crippen LogP contribution in [0.5, 0.6) is 0 Å². The summed E-state index contributed by atoms with van der Waals surface area (Å²) >= 11 is 0. The second kappa shape index (κ2) is 8.30. The standard InChI is InChI=1S/C26H23FN4O3/c1-15-11-21(16(2)31(15)19-9-7-18(27)8-10-19)24(32)14-30-25(33)23(29-26(30)34)12-17-13-28-22-6-4-3-5-20(17)22/h3-11,13,23,28H,12,14H2,1-2H3,(H,29,34)/t23-/m0/s1. The molecule has 1 aliphatic heterocycles. The molecule has 4 aromatic rings. The number of carbonyl (C=O) groups excluding carboxylic acids is 3. The number of urea groups is 1. The maximum atomic E-state index is 13.3. The number of nitrogens with zero attached hydrogens (tertiary/aromatic N) is 2. The van der Waals surface area contributed by atoms with Gasteiger partial charge < -0.3 is 14.9 Å². The largest absolute Gasteiger partial charge is 0.361 e. The Morgan fingerprint density at radius 3 is 2.56 bits per heavy atom. The van der Waals surface area contributed by atoms with Gasteiger partial charge in [-0.15, -0.1) is 0 Å². The van der Waals surface area contributed by atoms with E-state index in [9.17, 15) is 18.8 Å². The summed E-state index contributed by atoms with van der Waals surface area (Å²) in [6.07, 6.45) is 2.17. The minimum atomic E-state index is -0.730. The van der Waals surface area contributed by atoms with Crippen LogP contribution < -0.4 is 5.32 Å². The van der Waals surface area contributed by atoms with E-state index in [2.05, 4.69) is 10.3 Å². The second-order valence-corrected chi connectivity index (χ2v) is 8.51. The first kappa shape index (κ1) is 21.6. The van der Waals surface area contributed by atoms with Gasteiger partial charge in [0, 0.05) is 46.2 Å². The number of aromatic amines is 1. The number of hydrogen-bond donors (Lipinski definition) is 2. The van der Waals surface area contributed by atoms with Gasteiger partial charge in [0.05, 0.1) is 6.54 Å². The number of ketones is 1. The molecule has 172 valence electrons. The fourth-order valence-electron chi connectivity index (χ4n) is 4.65. The lowest BCUT2D eigenvalue weighted by molar-refractivity contribution is -0.127. The Morgan fingerprint density at radius 1 is 1.06 bits per heavy atom. The predicted octanol–water partition coefficient (Wildman–Crippen LogP) is 4.06. The number of imide groups is 1. The molecule has 0 aliphatic carbocycles. The van der Waals surface area contributed by atoms with E-state index in [1.54, 1.807) is 25.1 Å². The molecule has 3 heterocycles. The summed E-state index contributed by atoms with van der Waals surface area (Å²) in [5.74, 6) is -1.10. The lowest BCUT2D eigenvalue weighted by Gasteiger charge is -2.13. The van der Waals surface area contributed by atoms with Crippen LogP contribution in [0.2, 0.25) is 0 Å². The molecule has 1 saturated heterocycles. The van der Waals surface area contributed by atoms with E-state index < -0.39 is 18.0 Å². The van der Waals surface area contributed by atoms with Crippen LogP contribution in [0.4, 0.5) is 9.18 Å². The smallest absolute Gasteiger partial charge is 0.325 e. The average Bonchev–Trinajstić information content (AvgIpc) is 3.45. The van der Waals surface area contributed by atoms with Gasteiger partial charge in [-0.25, -0.2) is 9.18 Å². The predicted molar refractivity (Wildman–Crippen MR) is 126 cm³/mol. The van der Waals surface area contributed by atoms with Crippen molar-refractivity contribution in [2.75, 3.05) is 6.54 Å². The van der Waals surface area contributed by atoms with Crippen molar-refractivity contribution in [2.45, 2.75) is 26.3 Å². The zero-order valence-electron chi connectivity index (χ0n) is 18.8. The molecule has 2 N–H and O–H groups in total. The Hall–Kier alpha value is -4.20. The summed E-state index contributed by atoms with van der Waals surface area (Å²) in [4.78, 5) is 42.8. The molecule has 2 aromatic heterocycles. The molecule has 2 aromatic carbocycles. The number of rotatable bonds is 6. The lowest BCUT2D eigenvalue weighted by atomic mass is 10.0. The summed E-state index contributed by atoms with van der Waals surface area (Å²) in [6.45, 7) is 3.29. The molecule has 0 saturated carbocycles. The molecule has 3 amide bonds. The summed E-state index contributed by atoms with van der Waals surface area (Å²) < 4.78 is 15.2. The van der Waals surface area contributed by atoms with Gasteiger partial charge >= 0.3 is 6.03 Å². The third-order valence-electron chi connectivity index (χ3n) is 6.32. The summed E-state index contributed by atoms with van der Waals surface area (Å²) in [6, 6.07) is 14.2. The van der Waals surface area contributed by atoms with Crippen LogP contribution in [0, 0.1) is 19.7 Å². The van der Waals surface area contributed by atoms with Gasteiger partial charge in [-0.3, -0.25) is 14.5 Å². The molecule has 5 rings (SSSR count). The van der Waals surface area contributed by atoms with Crippen molar-refractivity contribution < 1.29 is 18.8 Å². The third kappa shape index (κ3) is 3.67. The first-order valence-electron chi connectivity index (χ1n) is 11.0. The lowest BCUT2D eigenvalue weighted by Crippen LogP contribution is -2.36. The highest BCUT2D eigenvalue weighted by molar-refractivity contribution is 6.09. The number of aromatic nitrogens is 2. The molecule has 0 radical (unpaired) electrons. The molecule has 1 aliphatic rings. The van der Waals surface area contributed by atoms with Crippen molar-refractivity contribution in [2.24, 2.45) is 0 Å². The number of halogens is 1. The number of hydrogen-bond acceptors (Lipinski definition) is 3. The van der Waals surface area contributed by atoms with Gasteiger partial charge in [-0.2, -0.15) is 0 Å².